The molecule has 208 valence electrons. The van der Waals surface area contributed by atoms with Crippen LogP contribution in [0.2, 0.25) is 0 Å². The van der Waals surface area contributed by atoms with Crippen LogP contribution < -0.4 is 0 Å². The smallest absolute Gasteiger partial charge is 0.434 e. The number of carbonyl (C=O) groups excluding carboxylic acids is 1. The molecule has 6 nitrogen and oxygen atoms in total. The lowest BCUT2D eigenvalue weighted by molar-refractivity contribution is -0.0668. The summed E-state index contributed by atoms with van der Waals surface area (Å²) in [5, 5.41) is 31.0. The van der Waals surface area contributed by atoms with Gasteiger partial charge in [0.05, 0.1) is 18.8 Å². The second kappa shape index (κ2) is 12.3. The molecule has 0 radical (unpaired) electrons. The predicted molar refractivity (Wildman–Crippen MR) is 146 cm³/mol. The van der Waals surface area contributed by atoms with Crippen LogP contribution in [-0.4, -0.2) is 52.0 Å². The van der Waals surface area contributed by atoms with E-state index in [1.807, 2.05) is 6.92 Å². The van der Waals surface area contributed by atoms with E-state index in [1.54, 1.807) is 19.9 Å². The van der Waals surface area contributed by atoms with Gasteiger partial charge >= 0.3 is 6.16 Å². The zero-order valence-corrected chi connectivity index (χ0v) is 23.4. The maximum atomic E-state index is 11.9. The SMILES string of the molecule is C=C1/C(=C\C=C2/CCC[C@]3(C)[C@@H]([C@H](C)/C=C/[C@@H](O)C(C)(C)OC(=O)OCCC)CC[C@@H]23)C[C@@H](O)C[C@@H]1O. The number of aliphatic hydroxyl groups excluding tert-OH is 3. The highest BCUT2D eigenvalue weighted by Gasteiger charge is 2.50. The first-order valence-corrected chi connectivity index (χ1v) is 14.1. The fourth-order valence-corrected chi connectivity index (χ4v) is 6.74. The predicted octanol–water partition coefficient (Wildman–Crippen LogP) is 6.02. The molecule has 3 aliphatic carbocycles. The third kappa shape index (κ3) is 6.96. The van der Waals surface area contributed by atoms with Crippen molar-refractivity contribution in [3.63, 3.8) is 0 Å². The van der Waals surface area contributed by atoms with E-state index >= 15 is 0 Å². The Kier molecular flexibility index (Phi) is 9.87. The maximum absolute atomic E-state index is 11.9. The molecular formula is C31H48O6. The summed E-state index contributed by atoms with van der Waals surface area (Å²) in [5.41, 5.74) is 2.24. The molecule has 37 heavy (non-hydrogen) atoms. The van der Waals surface area contributed by atoms with Crippen molar-refractivity contribution in [2.75, 3.05) is 6.61 Å². The largest absolute Gasteiger partial charge is 0.508 e. The average molecular weight is 517 g/mol. The van der Waals surface area contributed by atoms with Gasteiger partial charge in [0.1, 0.15) is 11.7 Å². The van der Waals surface area contributed by atoms with Gasteiger partial charge in [-0.25, -0.2) is 4.79 Å². The molecule has 7 atom stereocenters. The molecule has 0 heterocycles. The molecule has 0 aromatic rings. The quantitative estimate of drug-likeness (QED) is 0.270. The molecule has 0 saturated heterocycles. The van der Waals surface area contributed by atoms with E-state index in [0.29, 0.717) is 37.7 Å². The Labute approximate surface area is 223 Å². The lowest BCUT2D eigenvalue weighted by Gasteiger charge is -2.44. The number of hydrogen-bond acceptors (Lipinski definition) is 6. The van der Waals surface area contributed by atoms with Gasteiger partial charge in [0.25, 0.3) is 0 Å². The average Bonchev–Trinajstić information content (AvgIpc) is 3.19. The highest BCUT2D eigenvalue weighted by Crippen LogP contribution is 2.59. The van der Waals surface area contributed by atoms with Gasteiger partial charge in [-0.2, -0.15) is 0 Å². The topological polar surface area (TPSA) is 96.2 Å². The van der Waals surface area contributed by atoms with Crippen LogP contribution in [0.4, 0.5) is 4.79 Å². The number of ether oxygens (including phenoxy) is 2. The summed E-state index contributed by atoms with van der Waals surface area (Å²) < 4.78 is 10.4. The Bertz CT molecular complexity index is 915. The molecule has 3 aliphatic rings. The number of hydrogen-bond donors (Lipinski definition) is 3. The summed E-state index contributed by atoms with van der Waals surface area (Å²) >= 11 is 0. The van der Waals surface area contributed by atoms with Crippen LogP contribution in [0, 0.1) is 23.2 Å². The minimum atomic E-state index is -1.08. The molecule has 6 heteroatoms. The van der Waals surface area contributed by atoms with Crippen LogP contribution in [0.3, 0.4) is 0 Å². The van der Waals surface area contributed by atoms with E-state index in [4.69, 9.17) is 9.47 Å². The van der Waals surface area contributed by atoms with Crippen molar-refractivity contribution < 1.29 is 29.6 Å². The molecule has 3 N–H and O–H groups in total. The Hall–Kier alpha value is -1.89. The Balaban J connectivity index is 1.68. The summed E-state index contributed by atoms with van der Waals surface area (Å²) in [4.78, 5) is 11.9. The second-order valence-electron chi connectivity index (χ2n) is 12.2. The second-order valence-corrected chi connectivity index (χ2v) is 12.2. The molecular weight excluding hydrogens is 468 g/mol. The minimum absolute atomic E-state index is 0.176. The van der Waals surface area contributed by atoms with Gasteiger partial charge in [0.15, 0.2) is 0 Å². The fraction of sp³-hybridized carbons (Fsp3) is 0.710. The van der Waals surface area contributed by atoms with Crippen LogP contribution in [0.5, 0.6) is 0 Å². The molecule has 0 aromatic carbocycles. The van der Waals surface area contributed by atoms with Gasteiger partial charge in [-0.3, -0.25) is 0 Å². The molecule has 0 amide bonds. The normalized spacial score (nSPS) is 34.5. The van der Waals surface area contributed by atoms with Crippen molar-refractivity contribution in [3.8, 4) is 0 Å². The molecule has 3 rings (SSSR count). The van der Waals surface area contributed by atoms with E-state index < -0.39 is 30.1 Å². The molecule has 0 aromatic heterocycles. The standard InChI is InChI=1S/C31H48O6/c1-7-17-36-29(35)37-30(4,5)28(34)15-10-20(2)25-13-14-26-22(9-8-16-31(25,26)6)11-12-23-18-24(32)19-27(33)21(23)3/h10-12,15,20,24-28,32-34H,3,7-9,13-14,16-19H2,1-2,4-6H3/b15-10+,22-11+,23-12-/t20-,24-,25-,26+,27+,28-,31-/m1/s1. The number of fused-ring (bicyclic) bond motifs is 1. The van der Waals surface area contributed by atoms with Gasteiger partial charge < -0.3 is 24.8 Å². The maximum Gasteiger partial charge on any atom is 0.508 e. The first-order valence-electron chi connectivity index (χ1n) is 14.1. The lowest BCUT2D eigenvalue weighted by Crippen LogP contribution is -2.40. The van der Waals surface area contributed by atoms with Crippen molar-refractivity contribution in [1.82, 2.24) is 0 Å². The number of aliphatic hydroxyl groups is 3. The van der Waals surface area contributed by atoms with Gasteiger partial charge in [-0.15, -0.1) is 0 Å². The zero-order chi connectivity index (χ0) is 27.4. The van der Waals surface area contributed by atoms with Gasteiger partial charge in [0.2, 0.25) is 0 Å². The summed E-state index contributed by atoms with van der Waals surface area (Å²) in [6.07, 6.45) is 12.6. The molecule has 0 aliphatic heterocycles. The van der Waals surface area contributed by atoms with E-state index in [1.165, 1.54) is 12.0 Å². The lowest BCUT2D eigenvalue weighted by atomic mass is 9.61. The Morgan fingerprint density at radius 2 is 1.97 bits per heavy atom. The van der Waals surface area contributed by atoms with Gasteiger partial charge in [0, 0.05) is 6.42 Å². The van der Waals surface area contributed by atoms with Gasteiger partial charge in [-0.1, -0.05) is 57.2 Å². The molecule has 0 bridgehead atoms. The van der Waals surface area contributed by atoms with Crippen LogP contribution in [0.1, 0.15) is 86.0 Å². The number of carbonyl (C=O) groups is 1. The highest BCUT2D eigenvalue weighted by atomic mass is 16.7. The van der Waals surface area contributed by atoms with E-state index in [0.717, 1.165) is 36.8 Å². The van der Waals surface area contributed by atoms with E-state index in [9.17, 15) is 20.1 Å². The number of rotatable bonds is 8. The monoisotopic (exact) mass is 516 g/mol. The van der Waals surface area contributed by atoms with Crippen LogP contribution >= 0.6 is 0 Å². The summed E-state index contributed by atoms with van der Waals surface area (Å²) in [7, 11) is 0. The first kappa shape index (κ1) is 29.7. The van der Waals surface area contributed by atoms with Crippen molar-refractivity contribution >= 4 is 6.16 Å². The van der Waals surface area contributed by atoms with Crippen LogP contribution in [0.15, 0.2) is 47.6 Å². The highest BCUT2D eigenvalue weighted by molar-refractivity contribution is 5.60. The third-order valence-electron chi connectivity index (χ3n) is 9.02. The van der Waals surface area contributed by atoms with Crippen molar-refractivity contribution in [2.24, 2.45) is 23.2 Å². The number of allylic oxidation sites excluding steroid dienone is 4. The third-order valence-corrected chi connectivity index (χ3v) is 9.02. The van der Waals surface area contributed by atoms with Crippen molar-refractivity contribution in [2.45, 2.75) is 110 Å². The van der Waals surface area contributed by atoms with Crippen molar-refractivity contribution in [3.05, 3.63) is 47.6 Å². The summed E-state index contributed by atoms with van der Waals surface area (Å²) in [6.45, 7) is 14.3. The van der Waals surface area contributed by atoms with E-state index in [2.05, 4.69) is 38.7 Å². The Morgan fingerprint density at radius 3 is 2.68 bits per heavy atom. The molecule has 3 fully saturated rings. The molecule has 3 saturated carbocycles. The fourth-order valence-electron chi connectivity index (χ4n) is 6.74. The first-order chi connectivity index (χ1) is 17.4. The van der Waals surface area contributed by atoms with Crippen molar-refractivity contribution in [1.29, 1.82) is 0 Å². The summed E-state index contributed by atoms with van der Waals surface area (Å²) in [5.74, 6) is 1.27. The zero-order valence-electron chi connectivity index (χ0n) is 23.4. The van der Waals surface area contributed by atoms with E-state index in [-0.39, 0.29) is 11.3 Å². The minimum Gasteiger partial charge on any atom is -0.434 e. The van der Waals surface area contributed by atoms with Crippen LogP contribution in [-0.2, 0) is 9.47 Å². The molecule has 0 spiro atoms. The Morgan fingerprint density at radius 1 is 1.24 bits per heavy atom. The van der Waals surface area contributed by atoms with Crippen LogP contribution in [0.25, 0.3) is 0 Å². The molecule has 0 unspecified atom stereocenters. The summed E-state index contributed by atoms with van der Waals surface area (Å²) in [6, 6.07) is 0. The van der Waals surface area contributed by atoms with Gasteiger partial charge in [-0.05, 0) is 93.1 Å².